The van der Waals surface area contributed by atoms with E-state index in [-0.39, 0.29) is 5.75 Å². The average molecular weight is 290 g/mol. The molecule has 2 aliphatic rings. The van der Waals surface area contributed by atoms with E-state index in [0.717, 1.165) is 31.9 Å². The molecular formula is C13H26N2O3S. The van der Waals surface area contributed by atoms with Crippen molar-refractivity contribution in [2.45, 2.75) is 44.6 Å². The minimum atomic E-state index is -3.11. The molecule has 0 unspecified atom stereocenters. The van der Waals surface area contributed by atoms with Gasteiger partial charge in [-0.2, -0.15) is 0 Å². The molecule has 0 amide bonds. The second-order valence-corrected chi connectivity index (χ2v) is 7.59. The first-order chi connectivity index (χ1) is 9.16. The van der Waals surface area contributed by atoms with Crippen LogP contribution in [0.15, 0.2) is 0 Å². The van der Waals surface area contributed by atoms with Crippen molar-refractivity contribution in [2.75, 3.05) is 32.1 Å². The van der Waals surface area contributed by atoms with Crippen LogP contribution in [-0.2, 0) is 14.8 Å². The molecule has 0 spiro atoms. The quantitative estimate of drug-likeness (QED) is 0.523. The lowest BCUT2D eigenvalue weighted by molar-refractivity contribution is 0.129. The first-order valence-electron chi connectivity index (χ1n) is 7.44. The molecule has 112 valence electrons. The van der Waals surface area contributed by atoms with Crippen LogP contribution in [0.25, 0.3) is 0 Å². The van der Waals surface area contributed by atoms with E-state index in [9.17, 15) is 8.42 Å². The second kappa shape index (κ2) is 7.57. The normalized spacial score (nSPS) is 19.8. The maximum atomic E-state index is 11.7. The van der Waals surface area contributed by atoms with Crippen LogP contribution in [0, 0.1) is 5.92 Å². The lowest BCUT2D eigenvalue weighted by Gasteiger charge is -2.07. The molecule has 0 heterocycles. The first-order valence-corrected chi connectivity index (χ1v) is 9.09. The molecule has 2 N–H and O–H groups in total. The zero-order valence-electron chi connectivity index (χ0n) is 11.6. The van der Waals surface area contributed by atoms with Gasteiger partial charge in [0.25, 0.3) is 0 Å². The molecule has 2 aliphatic carbocycles. The molecular weight excluding hydrogens is 264 g/mol. The van der Waals surface area contributed by atoms with Crippen molar-refractivity contribution >= 4 is 10.0 Å². The van der Waals surface area contributed by atoms with Gasteiger partial charge in [0.1, 0.15) is 0 Å². The molecule has 0 saturated heterocycles. The molecule has 0 aromatic carbocycles. The molecule has 2 fully saturated rings. The van der Waals surface area contributed by atoms with Gasteiger partial charge in [-0.05, 0) is 51.0 Å². The predicted molar refractivity (Wildman–Crippen MR) is 75.6 cm³/mol. The summed E-state index contributed by atoms with van der Waals surface area (Å²) < 4.78 is 31.3. The number of ether oxygens (including phenoxy) is 1. The van der Waals surface area contributed by atoms with Crippen molar-refractivity contribution in [1.82, 2.24) is 10.0 Å². The van der Waals surface area contributed by atoms with Gasteiger partial charge in [-0.1, -0.05) is 0 Å². The summed E-state index contributed by atoms with van der Waals surface area (Å²) in [6.45, 7) is 2.60. The van der Waals surface area contributed by atoms with Gasteiger partial charge in [-0.15, -0.1) is 0 Å². The van der Waals surface area contributed by atoms with Gasteiger partial charge in [-0.25, -0.2) is 13.1 Å². The summed E-state index contributed by atoms with van der Waals surface area (Å²) in [6.07, 6.45) is 6.73. The van der Waals surface area contributed by atoms with Gasteiger partial charge < -0.3 is 10.1 Å². The summed E-state index contributed by atoms with van der Waals surface area (Å²) in [5, 5.41) is 3.38. The summed E-state index contributed by atoms with van der Waals surface area (Å²) in [4.78, 5) is 0. The SMILES string of the molecule is O=S(=O)(CCCCNC1CC1)NCCOCC1CC1. The Kier molecular flexibility index (Phi) is 6.06. The fourth-order valence-corrected chi connectivity index (χ4v) is 3.01. The van der Waals surface area contributed by atoms with Gasteiger partial charge in [-0.3, -0.25) is 0 Å². The average Bonchev–Trinajstić information content (AvgIpc) is 3.23. The Balaban J connectivity index is 1.41. The lowest BCUT2D eigenvalue weighted by Crippen LogP contribution is -2.30. The van der Waals surface area contributed by atoms with Gasteiger partial charge in [0, 0.05) is 19.2 Å². The van der Waals surface area contributed by atoms with E-state index in [2.05, 4.69) is 10.0 Å². The van der Waals surface area contributed by atoms with Crippen molar-refractivity contribution in [3.05, 3.63) is 0 Å². The number of nitrogens with one attached hydrogen (secondary N) is 2. The third kappa shape index (κ3) is 7.87. The maximum Gasteiger partial charge on any atom is 0.211 e. The molecule has 19 heavy (non-hydrogen) atoms. The fraction of sp³-hybridized carbons (Fsp3) is 1.00. The number of hydrogen-bond donors (Lipinski definition) is 2. The van der Waals surface area contributed by atoms with Gasteiger partial charge in [0.2, 0.25) is 10.0 Å². The largest absolute Gasteiger partial charge is 0.380 e. The zero-order chi connectivity index (χ0) is 13.6. The molecule has 6 heteroatoms. The van der Waals surface area contributed by atoms with Gasteiger partial charge in [0.15, 0.2) is 0 Å². The van der Waals surface area contributed by atoms with Gasteiger partial charge >= 0.3 is 0 Å². The Labute approximate surface area is 116 Å². The van der Waals surface area contributed by atoms with Crippen LogP contribution in [0.2, 0.25) is 0 Å². The van der Waals surface area contributed by atoms with Crippen LogP contribution in [-0.4, -0.2) is 46.5 Å². The van der Waals surface area contributed by atoms with Crippen molar-refractivity contribution in [3.8, 4) is 0 Å². The van der Waals surface area contributed by atoms with E-state index in [1.807, 2.05) is 0 Å². The highest BCUT2D eigenvalue weighted by atomic mass is 32.2. The smallest absolute Gasteiger partial charge is 0.211 e. The lowest BCUT2D eigenvalue weighted by atomic mass is 10.3. The molecule has 5 nitrogen and oxygen atoms in total. The van der Waals surface area contributed by atoms with E-state index in [4.69, 9.17) is 4.74 Å². The highest BCUT2D eigenvalue weighted by molar-refractivity contribution is 7.89. The molecule has 2 saturated carbocycles. The Hall–Kier alpha value is -0.170. The highest BCUT2D eigenvalue weighted by Gasteiger charge is 2.21. The predicted octanol–water partition coefficient (Wildman–Crippen LogP) is 0.865. The molecule has 0 atom stereocenters. The topological polar surface area (TPSA) is 67.4 Å². The molecule has 0 aromatic rings. The number of sulfonamides is 1. The zero-order valence-corrected chi connectivity index (χ0v) is 12.4. The van der Waals surface area contributed by atoms with Crippen LogP contribution >= 0.6 is 0 Å². The Morgan fingerprint density at radius 2 is 1.84 bits per heavy atom. The Bertz CT molecular complexity index is 323. The summed E-state index contributed by atoms with van der Waals surface area (Å²) >= 11 is 0. The third-order valence-electron chi connectivity index (χ3n) is 3.47. The van der Waals surface area contributed by atoms with Crippen LogP contribution in [0.1, 0.15) is 38.5 Å². The molecule has 0 aromatic heterocycles. The molecule has 0 aliphatic heterocycles. The van der Waals surface area contributed by atoms with Crippen molar-refractivity contribution in [2.24, 2.45) is 5.92 Å². The Morgan fingerprint density at radius 3 is 2.53 bits per heavy atom. The van der Waals surface area contributed by atoms with E-state index in [1.54, 1.807) is 0 Å². The minimum absolute atomic E-state index is 0.224. The summed E-state index contributed by atoms with van der Waals surface area (Å²) in [6, 6.07) is 0.707. The van der Waals surface area contributed by atoms with Crippen molar-refractivity contribution in [1.29, 1.82) is 0 Å². The third-order valence-corrected chi connectivity index (χ3v) is 4.94. The van der Waals surface area contributed by atoms with E-state index < -0.39 is 10.0 Å². The van der Waals surface area contributed by atoms with Crippen LogP contribution in [0.5, 0.6) is 0 Å². The van der Waals surface area contributed by atoms with Crippen LogP contribution < -0.4 is 10.0 Å². The highest BCUT2D eigenvalue weighted by Crippen LogP contribution is 2.28. The van der Waals surface area contributed by atoms with Crippen LogP contribution in [0.4, 0.5) is 0 Å². The first kappa shape index (κ1) is 15.2. The standard InChI is InChI=1S/C13H26N2O3S/c16-19(17,10-2-1-7-14-13-5-6-13)15-8-9-18-11-12-3-4-12/h12-15H,1-11H2. The minimum Gasteiger partial charge on any atom is -0.380 e. The van der Waals surface area contributed by atoms with E-state index in [1.165, 1.54) is 25.7 Å². The van der Waals surface area contributed by atoms with Crippen LogP contribution in [0.3, 0.4) is 0 Å². The number of rotatable bonds is 12. The van der Waals surface area contributed by atoms with E-state index in [0.29, 0.717) is 19.2 Å². The summed E-state index contributed by atoms with van der Waals surface area (Å²) in [5.74, 6) is 0.956. The maximum absolute atomic E-state index is 11.7. The molecule has 0 bridgehead atoms. The Morgan fingerprint density at radius 1 is 1.05 bits per heavy atom. The van der Waals surface area contributed by atoms with Crippen molar-refractivity contribution < 1.29 is 13.2 Å². The monoisotopic (exact) mass is 290 g/mol. The van der Waals surface area contributed by atoms with Gasteiger partial charge in [0.05, 0.1) is 12.4 Å². The second-order valence-electron chi connectivity index (χ2n) is 5.67. The van der Waals surface area contributed by atoms with E-state index >= 15 is 0 Å². The molecule has 0 radical (unpaired) electrons. The summed E-state index contributed by atoms with van der Waals surface area (Å²) in [7, 11) is -3.11. The molecule has 2 rings (SSSR count). The van der Waals surface area contributed by atoms with Crippen molar-refractivity contribution in [3.63, 3.8) is 0 Å². The summed E-state index contributed by atoms with van der Waals surface area (Å²) in [5.41, 5.74) is 0. The number of unbranched alkanes of at least 4 members (excludes halogenated alkanes) is 1. The fourth-order valence-electron chi connectivity index (χ4n) is 1.89. The number of hydrogen-bond acceptors (Lipinski definition) is 4.